The van der Waals surface area contributed by atoms with E-state index in [-0.39, 0.29) is 6.61 Å². The summed E-state index contributed by atoms with van der Waals surface area (Å²) in [5, 5.41) is 12.3. The first-order valence-corrected chi connectivity index (χ1v) is 9.79. The summed E-state index contributed by atoms with van der Waals surface area (Å²) in [4.78, 5) is 8.98. The maximum Gasteiger partial charge on any atom is 0.127 e. The molecule has 4 nitrogen and oxygen atoms in total. The van der Waals surface area contributed by atoms with Gasteiger partial charge < -0.3 is 9.84 Å². The Morgan fingerprint density at radius 1 is 1.04 bits per heavy atom. The van der Waals surface area contributed by atoms with E-state index >= 15 is 0 Å². The number of aliphatic hydroxyl groups is 1. The molecule has 2 aromatic carbocycles. The molecule has 0 saturated carbocycles. The summed E-state index contributed by atoms with van der Waals surface area (Å²) in [7, 11) is 0. The minimum absolute atomic E-state index is 0.263. The van der Waals surface area contributed by atoms with Crippen molar-refractivity contribution in [1.29, 1.82) is 0 Å². The Bertz CT molecular complexity index is 883. The van der Waals surface area contributed by atoms with E-state index in [1.54, 1.807) is 0 Å². The molecule has 0 amide bonds. The number of hydrogen-bond donors (Lipinski definition) is 1. The van der Waals surface area contributed by atoms with Crippen LogP contribution in [0.2, 0.25) is 0 Å². The van der Waals surface area contributed by atoms with Crippen molar-refractivity contribution in [2.45, 2.75) is 37.8 Å². The molecule has 1 N–H and O–H groups in total. The SMILES string of the molecule is Cc1nc(SC[C@@H](O)COc2ccccc2C(C)C)c2ccccc2n1. The van der Waals surface area contributed by atoms with Crippen molar-refractivity contribution < 1.29 is 9.84 Å². The zero-order valence-electron chi connectivity index (χ0n) is 15.3. The summed E-state index contributed by atoms with van der Waals surface area (Å²) < 4.78 is 5.86. The van der Waals surface area contributed by atoms with Crippen molar-refractivity contribution in [3.05, 3.63) is 59.9 Å². The van der Waals surface area contributed by atoms with Crippen LogP contribution in [0.1, 0.15) is 31.2 Å². The zero-order chi connectivity index (χ0) is 18.5. The van der Waals surface area contributed by atoms with Gasteiger partial charge in [-0.05, 0) is 30.5 Å². The molecule has 3 rings (SSSR count). The van der Waals surface area contributed by atoms with Crippen molar-refractivity contribution in [2.75, 3.05) is 12.4 Å². The lowest BCUT2D eigenvalue weighted by molar-refractivity contribution is 0.125. The second-order valence-electron chi connectivity index (χ2n) is 6.56. The predicted octanol–water partition coefficient (Wildman–Crippen LogP) is 4.59. The number of benzene rings is 2. The molecule has 1 aromatic heterocycles. The van der Waals surface area contributed by atoms with E-state index in [2.05, 4.69) is 29.9 Å². The Balaban J connectivity index is 1.63. The molecule has 0 aliphatic rings. The van der Waals surface area contributed by atoms with Crippen molar-refractivity contribution in [2.24, 2.45) is 0 Å². The second kappa shape index (κ2) is 8.52. The van der Waals surface area contributed by atoms with Crippen LogP contribution in [-0.2, 0) is 0 Å². The summed E-state index contributed by atoms with van der Waals surface area (Å²) in [6.45, 7) is 6.42. The second-order valence-corrected chi connectivity index (χ2v) is 7.57. The van der Waals surface area contributed by atoms with Gasteiger partial charge in [0.15, 0.2) is 0 Å². The molecule has 26 heavy (non-hydrogen) atoms. The summed E-state index contributed by atoms with van der Waals surface area (Å²) in [5.41, 5.74) is 2.09. The largest absolute Gasteiger partial charge is 0.491 e. The van der Waals surface area contributed by atoms with Gasteiger partial charge in [-0.25, -0.2) is 9.97 Å². The Kier molecular flexibility index (Phi) is 6.12. The van der Waals surface area contributed by atoms with Gasteiger partial charge in [-0.2, -0.15) is 0 Å². The van der Waals surface area contributed by atoms with Crippen LogP contribution in [0.5, 0.6) is 5.75 Å². The Morgan fingerprint density at radius 2 is 1.77 bits per heavy atom. The summed E-state index contributed by atoms with van der Waals surface area (Å²) in [5.74, 6) is 2.48. The summed E-state index contributed by atoms with van der Waals surface area (Å²) in [6.07, 6.45) is -0.575. The molecule has 1 heterocycles. The van der Waals surface area contributed by atoms with Crippen molar-refractivity contribution in [1.82, 2.24) is 9.97 Å². The van der Waals surface area contributed by atoms with Gasteiger partial charge in [0.2, 0.25) is 0 Å². The lowest BCUT2D eigenvalue weighted by atomic mass is 10.0. The van der Waals surface area contributed by atoms with Crippen LogP contribution in [0, 0.1) is 6.92 Å². The molecule has 0 saturated heterocycles. The molecule has 0 aliphatic heterocycles. The number of nitrogens with zero attached hydrogens (tertiary/aromatic N) is 2. The molecule has 0 unspecified atom stereocenters. The number of aromatic nitrogens is 2. The minimum atomic E-state index is -0.575. The Labute approximate surface area is 158 Å². The fraction of sp³-hybridized carbons (Fsp3) is 0.333. The first-order valence-electron chi connectivity index (χ1n) is 8.80. The van der Waals surface area contributed by atoms with E-state index in [0.29, 0.717) is 11.7 Å². The fourth-order valence-electron chi connectivity index (χ4n) is 2.77. The number of para-hydroxylation sites is 2. The van der Waals surface area contributed by atoms with Gasteiger partial charge in [0, 0.05) is 11.1 Å². The summed E-state index contributed by atoms with van der Waals surface area (Å²) in [6, 6.07) is 15.9. The smallest absolute Gasteiger partial charge is 0.127 e. The van der Waals surface area contributed by atoms with Crippen molar-refractivity contribution in [3.63, 3.8) is 0 Å². The van der Waals surface area contributed by atoms with Crippen LogP contribution >= 0.6 is 11.8 Å². The normalized spacial score (nSPS) is 12.5. The maximum absolute atomic E-state index is 10.4. The highest BCUT2D eigenvalue weighted by Crippen LogP contribution is 2.27. The first-order chi connectivity index (χ1) is 12.5. The summed E-state index contributed by atoms with van der Waals surface area (Å²) >= 11 is 1.54. The van der Waals surface area contributed by atoms with Gasteiger partial charge in [0.25, 0.3) is 0 Å². The zero-order valence-corrected chi connectivity index (χ0v) is 16.2. The number of ether oxygens (including phenoxy) is 1. The van der Waals surface area contributed by atoms with Crippen LogP contribution in [0.15, 0.2) is 53.6 Å². The highest BCUT2D eigenvalue weighted by Gasteiger charge is 2.12. The van der Waals surface area contributed by atoms with Gasteiger partial charge in [-0.15, -0.1) is 11.8 Å². The number of thioether (sulfide) groups is 1. The Morgan fingerprint density at radius 3 is 2.58 bits per heavy atom. The molecule has 0 bridgehead atoms. The number of rotatable bonds is 7. The quantitative estimate of drug-likeness (QED) is 0.488. The minimum Gasteiger partial charge on any atom is -0.491 e. The van der Waals surface area contributed by atoms with E-state index < -0.39 is 6.10 Å². The van der Waals surface area contributed by atoms with Crippen LogP contribution in [0.25, 0.3) is 10.9 Å². The number of fused-ring (bicyclic) bond motifs is 1. The molecule has 0 fully saturated rings. The molecular formula is C21H24N2O2S. The topological polar surface area (TPSA) is 55.2 Å². The van der Waals surface area contributed by atoms with Gasteiger partial charge in [-0.3, -0.25) is 0 Å². The number of aliphatic hydroxyl groups excluding tert-OH is 1. The first kappa shape index (κ1) is 18.7. The van der Waals surface area contributed by atoms with Gasteiger partial charge in [-0.1, -0.05) is 50.2 Å². The molecule has 136 valence electrons. The predicted molar refractivity (Wildman–Crippen MR) is 107 cm³/mol. The van der Waals surface area contributed by atoms with Gasteiger partial charge >= 0.3 is 0 Å². The van der Waals surface area contributed by atoms with Crippen LogP contribution in [0.3, 0.4) is 0 Å². The van der Waals surface area contributed by atoms with Crippen LogP contribution in [-0.4, -0.2) is 33.5 Å². The van der Waals surface area contributed by atoms with Crippen LogP contribution in [0.4, 0.5) is 0 Å². The lowest BCUT2D eigenvalue weighted by Gasteiger charge is -2.16. The van der Waals surface area contributed by atoms with E-state index in [9.17, 15) is 5.11 Å². The fourth-order valence-corrected chi connectivity index (χ4v) is 3.74. The Hall–Kier alpha value is -2.11. The van der Waals surface area contributed by atoms with E-state index in [1.165, 1.54) is 11.8 Å². The van der Waals surface area contributed by atoms with E-state index in [1.807, 2.05) is 49.4 Å². The lowest BCUT2D eigenvalue weighted by Crippen LogP contribution is -2.20. The average Bonchev–Trinajstić information content (AvgIpc) is 2.64. The number of aryl methyl sites for hydroxylation is 1. The molecule has 3 aromatic rings. The molecule has 0 radical (unpaired) electrons. The van der Waals surface area contributed by atoms with Crippen molar-refractivity contribution >= 4 is 22.7 Å². The average molecular weight is 369 g/mol. The van der Waals surface area contributed by atoms with E-state index in [4.69, 9.17) is 4.74 Å². The maximum atomic E-state index is 10.4. The highest BCUT2D eigenvalue weighted by molar-refractivity contribution is 7.99. The van der Waals surface area contributed by atoms with Crippen LogP contribution < -0.4 is 4.74 Å². The van der Waals surface area contributed by atoms with Gasteiger partial charge in [0.05, 0.1) is 11.6 Å². The molecule has 0 aliphatic carbocycles. The molecule has 0 spiro atoms. The van der Waals surface area contributed by atoms with Gasteiger partial charge in [0.1, 0.15) is 23.2 Å². The highest BCUT2D eigenvalue weighted by atomic mass is 32.2. The third-order valence-corrected chi connectivity index (χ3v) is 5.20. The molecule has 5 heteroatoms. The third kappa shape index (κ3) is 4.54. The van der Waals surface area contributed by atoms with Crippen molar-refractivity contribution in [3.8, 4) is 5.75 Å². The monoisotopic (exact) mass is 368 g/mol. The third-order valence-electron chi connectivity index (χ3n) is 4.06. The standard InChI is InChI=1S/C21H24N2O2S/c1-14(2)17-8-5-7-11-20(17)25-12-16(24)13-26-21-18-9-4-6-10-19(18)22-15(3)23-21/h4-11,14,16,24H,12-13H2,1-3H3/t16-/m0/s1. The molecule has 1 atom stereocenters. The molecular weight excluding hydrogens is 344 g/mol. The number of hydrogen-bond acceptors (Lipinski definition) is 5. The van der Waals surface area contributed by atoms with E-state index in [0.717, 1.165) is 33.1 Å².